The molecule has 2 unspecified atom stereocenters. The molecule has 1 saturated heterocycles. The van der Waals surface area contributed by atoms with Gasteiger partial charge in [0.15, 0.2) is 0 Å². The zero-order valence-corrected chi connectivity index (χ0v) is 16.5. The summed E-state index contributed by atoms with van der Waals surface area (Å²) in [4.78, 5) is 46.3. The van der Waals surface area contributed by atoms with Crippen LogP contribution in [0.2, 0.25) is 0 Å². The van der Waals surface area contributed by atoms with E-state index in [0.29, 0.717) is 31.2 Å². The number of hydrogen-bond acceptors (Lipinski definition) is 6. The SMILES string of the molecule is CC1CCCC2(C1)CN(C(=O)NCCN(C)C)C(=O)O2.O=C(O)/C=C/C(=O)O. The highest BCUT2D eigenvalue weighted by molar-refractivity contribution is 5.92. The van der Waals surface area contributed by atoms with Gasteiger partial charge in [-0.1, -0.05) is 13.3 Å². The van der Waals surface area contributed by atoms with Crippen LogP contribution in [0.3, 0.4) is 0 Å². The van der Waals surface area contributed by atoms with Crippen LogP contribution in [0.25, 0.3) is 0 Å². The molecule has 1 aliphatic heterocycles. The Morgan fingerprint density at radius 1 is 1.29 bits per heavy atom. The van der Waals surface area contributed by atoms with Gasteiger partial charge in [-0.05, 0) is 39.3 Å². The third-order valence-corrected chi connectivity index (χ3v) is 4.47. The Hall–Kier alpha value is -2.62. The first-order chi connectivity index (χ1) is 13.0. The van der Waals surface area contributed by atoms with Crippen molar-refractivity contribution in [2.45, 2.75) is 38.2 Å². The lowest BCUT2D eigenvalue weighted by molar-refractivity contribution is -0.134. The van der Waals surface area contributed by atoms with Gasteiger partial charge in [-0.15, -0.1) is 0 Å². The van der Waals surface area contributed by atoms with E-state index in [1.165, 1.54) is 11.3 Å². The maximum Gasteiger partial charge on any atom is 0.418 e. The average Bonchev–Trinajstić information content (AvgIpc) is 2.88. The molecule has 3 N–H and O–H groups in total. The Labute approximate surface area is 164 Å². The topological polar surface area (TPSA) is 136 Å². The van der Waals surface area contributed by atoms with Gasteiger partial charge >= 0.3 is 24.1 Å². The molecule has 0 bridgehead atoms. The first kappa shape index (κ1) is 23.4. The standard InChI is InChI=1S/C14H25N3O3.C4H4O4/c1-11-5-4-6-14(9-11)10-17(13(19)20-14)12(18)15-7-8-16(2)3;5-3(6)1-2-4(7)8/h11H,4-10H2,1-3H3,(H,15,18);1-2H,(H,5,6)(H,7,8)/b;2-1+. The van der Waals surface area contributed by atoms with Crippen LogP contribution in [0, 0.1) is 5.92 Å². The molecule has 158 valence electrons. The van der Waals surface area contributed by atoms with Gasteiger partial charge in [0.1, 0.15) is 5.60 Å². The minimum Gasteiger partial charge on any atom is -0.478 e. The van der Waals surface area contributed by atoms with Crippen LogP contribution in [-0.4, -0.2) is 83.4 Å². The second-order valence-corrected chi connectivity index (χ2v) is 7.38. The monoisotopic (exact) mass is 399 g/mol. The first-order valence-corrected chi connectivity index (χ1v) is 9.11. The highest BCUT2D eigenvalue weighted by Gasteiger charge is 2.49. The molecule has 28 heavy (non-hydrogen) atoms. The molecule has 0 aromatic rings. The van der Waals surface area contributed by atoms with Crippen LogP contribution >= 0.6 is 0 Å². The zero-order chi connectivity index (χ0) is 21.3. The summed E-state index contributed by atoms with van der Waals surface area (Å²) in [5.41, 5.74) is -0.437. The van der Waals surface area contributed by atoms with Crippen molar-refractivity contribution < 1.29 is 34.1 Å². The third-order valence-electron chi connectivity index (χ3n) is 4.47. The van der Waals surface area contributed by atoms with Gasteiger partial charge in [0.25, 0.3) is 0 Å². The number of carbonyl (C=O) groups is 4. The lowest BCUT2D eigenvalue weighted by Gasteiger charge is -2.34. The van der Waals surface area contributed by atoms with Crippen LogP contribution in [0.4, 0.5) is 9.59 Å². The van der Waals surface area contributed by atoms with Crippen molar-refractivity contribution in [1.29, 1.82) is 0 Å². The molecular formula is C18H29N3O7. The Morgan fingerprint density at radius 3 is 2.39 bits per heavy atom. The number of carboxylic acid groups (broad SMARTS) is 2. The number of nitrogens with one attached hydrogen (secondary N) is 1. The summed E-state index contributed by atoms with van der Waals surface area (Å²) in [6, 6.07) is -0.341. The first-order valence-electron chi connectivity index (χ1n) is 9.11. The fourth-order valence-electron chi connectivity index (χ4n) is 3.25. The van der Waals surface area contributed by atoms with Gasteiger partial charge in [-0.25, -0.2) is 24.1 Å². The fraction of sp³-hybridized carbons (Fsp3) is 0.667. The predicted molar refractivity (Wildman–Crippen MR) is 99.9 cm³/mol. The second kappa shape index (κ2) is 10.6. The van der Waals surface area contributed by atoms with E-state index in [9.17, 15) is 19.2 Å². The Morgan fingerprint density at radius 2 is 1.89 bits per heavy atom. The van der Waals surface area contributed by atoms with Crippen molar-refractivity contribution in [2.75, 3.05) is 33.7 Å². The second-order valence-electron chi connectivity index (χ2n) is 7.38. The van der Waals surface area contributed by atoms with Crippen LogP contribution in [0.1, 0.15) is 32.6 Å². The van der Waals surface area contributed by atoms with Crippen LogP contribution in [0.5, 0.6) is 0 Å². The van der Waals surface area contributed by atoms with E-state index in [1.54, 1.807) is 0 Å². The molecule has 2 aliphatic rings. The summed E-state index contributed by atoms with van der Waals surface area (Å²) >= 11 is 0. The highest BCUT2D eigenvalue weighted by atomic mass is 16.6. The summed E-state index contributed by atoms with van der Waals surface area (Å²) in [5.74, 6) is -1.96. The van der Waals surface area contributed by atoms with E-state index >= 15 is 0 Å². The number of likely N-dealkylation sites (N-methyl/N-ethyl adjacent to an activating group) is 1. The van der Waals surface area contributed by atoms with E-state index in [1.807, 2.05) is 19.0 Å². The molecule has 1 aliphatic carbocycles. The van der Waals surface area contributed by atoms with E-state index in [0.717, 1.165) is 25.8 Å². The van der Waals surface area contributed by atoms with Crippen molar-refractivity contribution in [3.05, 3.63) is 12.2 Å². The van der Waals surface area contributed by atoms with Gasteiger partial charge in [0, 0.05) is 25.2 Å². The molecule has 2 rings (SSSR count). The van der Waals surface area contributed by atoms with Crippen LogP contribution in [-0.2, 0) is 14.3 Å². The summed E-state index contributed by atoms with van der Waals surface area (Å²) in [7, 11) is 3.88. The molecule has 2 fully saturated rings. The Balaban J connectivity index is 0.000000416. The quantitative estimate of drug-likeness (QED) is 0.590. The van der Waals surface area contributed by atoms with Crippen molar-refractivity contribution in [3.8, 4) is 0 Å². The van der Waals surface area contributed by atoms with E-state index < -0.39 is 23.6 Å². The summed E-state index contributed by atoms with van der Waals surface area (Å²) in [6.45, 7) is 3.84. The number of carbonyl (C=O) groups excluding carboxylic acids is 2. The molecule has 3 amide bonds. The smallest absolute Gasteiger partial charge is 0.418 e. The molecule has 0 aromatic heterocycles. The highest BCUT2D eigenvalue weighted by Crippen LogP contribution is 2.39. The van der Waals surface area contributed by atoms with Crippen LogP contribution in [0.15, 0.2) is 12.2 Å². The summed E-state index contributed by atoms with van der Waals surface area (Å²) in [6.07, 6.45) is 4.58. The fourth-order valence-corrected chi connectivity index (χ4v) is 3.25. The minimum absolute atomic E-state index is 0.341. The predicted octanol–water partition coefficient (Wildman–Crippen LogP) is 1.37. The van der Waals surface area contributed by atoms with Crippen LogP contribution < -0.4 is 5.32 Å². The molecule has 0 radical (unpaired) electrons. The van der Waals surface area contributed by atoms with Crippen molar-refractivity contribution in [3.63, 3.8) is 0 Å². The largest absolute Gasteiger partial charge is 0.478 e. The van der Waals surface area contributed by atoms with Crippen molar-refractivity contribution in [1.82, 2.24) is 15.1 Å². The summed E-state index contributed by atoms with van der Waals surface area (Å²) < 4.78 is 5.54. The van der Waals surface area contributed by atoms with Crippen molar-refractivity contribution in [2.24, 2.45) is 5.92 Å². The molecule has 1 heterocycles. The Bertz CT molecular complexity index is 604. The number of hydrogen-bond donors (Lipinski definition) is 3. The molecule has 1 saturated carbocycles. The van der Waals surface area contributed by atoms with E-state index in [2.05, 4.69) is 12.2 Å². The number of rotatable bonds is 5. The number of ether oxygens (including phenoxy) is 1. The zero-order valence-electron chi connectivity index (χ0n) is 16.5. The molecular weight excluding hydrogens is 370 g/mol. The number of urea groups is 1. The van der Waals surface area contributed by atoms with Gasteiger partial charge in [-0.2, -0.15) is 0 Å². The average molecular weight is 399 g/mol. The molecule has 10 heteroatoms. The molecule has 10 nitrogen and oxygen atoms in total. The number of nitrogens with zero attached hydrogens (tertiary/aromatic N) is 2. The van der Waals surface area contributed by atoms with E-state index in [4.69, 9.17) is 14.9 Å². The Kier molecular flexibility index (Phi) is 8.90. The van der Waals surface area contributed by atoms with E-state index in [-0.39, 0.29) is 6.03 Å². The molecule has 2 atom stereocenters. The van der Waals surface area contributed by atoms with Crippen molar-refractivity contribution >= 4 is 24.1 Å². The van der Waals surface area contributed by atoms with Gasteiger partial charge in [-0.3, -0.25) is 0 Å². The normalized spacial score (nSPS) is 24.1. The third kappa shape index (κ3) is 7.95. The lowest BCUT2D eigenvalue weighted by atomic mass is 9.79. The van der Waals surface area contributed by atoms with Gasteiger partial charge in [0.2, 0.25) is 0 Å². The maximum absolute atomic E-state index is 12.0. The lowest BCUT2D eigenvalue weighted by Crippen LogP contribution is -2.45. The molecule has 1 spiro atoms. The number of aliphatic carboxylic acids is 2. The van der Waals surface area contributed by atoms with Gasteiger partial charge < -0.3 is 25.2 Å². The molecule has 0 aromatic carbocycles. The number of carboxylic acids is 2. The minimum atomic E-state index is -1.26. The number of imide groups is 1. The number of amides is 3. The maximum atomic E-state index is 12.0. The summed E-state index contributed by atoms with van der Waals surface area (Å²) in [5, 5.41) is 18.4. The van der Waals surface area contributed by atoms with Gasteiger partial charge in [0.05, 0.1) is 6.54 Å².